The van der Waals surface area contributed by atoms with Crippen LogP contribution >= 0.6 is 0 Å². The number of rotatable bonds is 8. The minimum Gasteiger partial charge on any atom is -0.442 e. The number of esters is 1. The first-order valence-corrected chi connectivity index (χ1v) is 12.7. The van der Waals surface area contributed by atoms with E-state index in [2.05, 4.69) is 10.4 Å². The molecule has 0 spiro atoms. The highest BCUT2D eigenvalue weighted by atomic mass is 16.6. The Hall–Kier alpha value is -5.64. The van der Waals surface area contributed by atoms with Gasteiger partial charge in [-0.25, -0.2) is 9.48 Å². The molecule has 0 aliphatic heterocycles. The first-order chi connectivity index (χ1) is 19.8. The van der Waals surface area contributed by atoms with Gasteiger partial charge in [-0.2, -0.15) is 5.10 Å². The number of carbonyl (C=O) groups is 2. The van der Waals surface area contributed by atoms with Crippen molar-refractivity contribution < 1.29 is 19.2 Å². The lowest BCUT2D eigenvalue weighted by Crippen LogP contribution is -2.29. The molecule has 0 saturated carbocycles. The zero-order valence-electron chi connectivity index (χ0n) is 21.9. The predicted octanol–water partition coefficient (Wildman–Crippen LogP) is 5.20. The van der Waals surface area contributed by atoms with Crippen LogP contribution in [0.15, 0.2) is 108 Å². The molecule has 1 aromatic heterocycles. The van der Waals surface area contributed by atoms with Gasteiger partial charge in [-0.05, 0) is 30.2 Å². The minimum absolute atomic E-state index is 0.0393. The molecule has 1 amide bonds. The van der Waals surface area contributed by atoms with E-state index in [4.69, 9.17) is 4.74 Å². The second-order valence-electron chi connectivity index (χ2n) is 9.31. The number of nitro benzene ring substituents is 1. The molecule has 0 aliphatic carbocycles. The molecule has 0 unspecified atom stereocenters. The molecule has 5 aromatic rings. The maximum absolute atomic E-state index is 13.6. The highest BCUT2D eigenvalue weighted by Crippen LogP contribution is 2.28. The summed E-state index contributed by atoms with van der Waals surface area (Å²) in [7, 11) is 0. The van der Waals surface area contributed by atoms with Gasteiger partial charge in [0.1, 0.15) is 5.69 Å². The van der Waals surface area contributed by atoms with Crippen molar-refractivity contribution >= 4 is 34.0 Å². The average molecular weight is 549 g/mol. The van der Waals surface area contributed by atoms with Gasteiger partial charge in [0.05, 0.1) is 16.9 Å². The normalized spacial score (nSPS) is 11.5. The smallest absolute Gasteiger partial charge is 0.360 e. The first kappa shape index (κ1) is 26.9. The fraction of sp³-hybridized carbons (Fsp3) is 0.0968. The Morgan fingerprint density at radius 3 is 2.24 bits per heavy atom. The lowest BCUT2D eigenvalue weighted by Gasteiger charge is -2.19. The molecule has 0 aliphatic rings. The number of hydrogen-bond acceptors (Lipinski definition) is 7. The second-order valence-corrected chi connectivity index (χ2v) is 9.31. The molecule has 0 fully saturated rings. The lowest BCUT2D eigenvalue weighted by atomic mass is 10.1. The van der Waals surface area contributed by atoms with E-state index in [9.17, 15) is 24.5 Å². The highest BCUT2D eigenvalue weighted by Gasteiger charge is 2.29. The van der Waals surface area contributed by atoms with E-state index in [0.29, 0.717) is 11.1 Å². The summed E-state index contributed by atoms with van der Waals surface area (Å²) in [6.45, 7) is 1.81. The summed E-state index contributed by atoms with van der Waals surface area (Å²) in [4.78, 5) is 51.3. The fourth-order valence-corrected chi connectivity index (χ4v) is 4.41. The van der Waals surface area contributed by atoms with Crippen LogP contribution in [-0.4, -0.2) is 26.6 Å². The minimum atomic E-state index is -1.47. The van der Waals surface area contributed by atoms with Gasteiger partial charge >= 0.3 is 5.97 Å². The molecule has 1 N–H and O–H groups in total. The quantitative estimate of drug-likeness (QED) is 0.160. The molecular weight excluding hydrogens is 524 g/mol. The number of ether oxygens (including phenoxy) is 1. The largest absolute Gasteiger partial charge is 0.442 e. The molecule has 204 valence electrons. The van der Waals surface area contributed by atoms with E-state index in [-0.39, 0.29) is 39.9 Å². The van der Waals surface area contributed by atoms with Gasteiger partial charge in [-0.15, -0.1) is 0 Å². The number of benzene rings is 4. The van der Waals surface area contributed by atoms with Crippen LogP contribution in [0.5, 0.6) is 0 Å². The van der Waals surface area contributed by atoms with Crippen LogP contribution in [0.25, 0.3) is 10.8 Å². The molecule has 4 aromatic carbocycles. The molecule has 41 heavy (non-hydrogen) atoms. The van der Waals surface area contributed by atoms with Crippen LogP contribution in [0.1, 0.15) is 33.3 Å². The summed E-state index contributed by atoms with van der Waals surface area (Å²) < 4.78 is 6.92. The van der Waals surface area contributed by atoms with E-state index in [0.717, 1.165) is 5.56 Å². The predicted molar refractivity (Wildman–Crippen MR) is 153 cm³/mol. The topological polar surface area (TPSA) is 133 Å². The Labute approximate surface area is 234 Å². The van der Waals surface area contributed by atoms with Crippen molar-refractivity contribution in [2.45, 2.75) is 19.6 Å². The summed E-state index contributed by atoms with van der Waals surface area (Å²) in [6.07, 6.45) is -1.47. The molecular formula is C31H24N4O6. The zero-order chi connectivity index (χ0) is 28.9. The standard InChI is InChI=1S/C31H24N4O6/c1-20-16-17-25(26(18-20)35(39)40)32-29(36)28(22-12-6-3-7-13-22)41-31(38)27-23-14-8-9-15-24(23)30(37)34(33-27)19-21-10-4-2-5-11-21/h2-18,28H,19H2,1H3,(H,32,36)/t28-/m0/s1. The Morgan fingerprint density at radius 1 is 0.927 bits per heavy atom. The molecule has 10 nitrogen and oxygen atoms in total. The lowest BCUT2D eigenvalue weighted by molar-refractivity contribution is -0.384. The number of aryl methyl sites for hydroxylation is 1. The zero-order valence-corrected chi connectivity index (χ0v) is 21.9. The third-order valence-electron chi connectivity index (χ3n) is 6.41. The van der Waals surface area contributed by atoms with Crippen molar-refractivity contribution in [3.05, 3.63) is 146 Å². The maximum atomic E-state index is 13.6. The average Bonchev–Trinajstić information content (AvgIpc) is 2.99. The van der Waals surface area contributed by atoms with Crippen LogP contribution in [0, 0.1) is 17.0 Å². The number of anilines is 1. The molecule has 10 heteroatoms. The van der Waals surface area contributed by atoms with Gasteiger partial charge in [-0.3, -0.25) is 19.7 Å². The van der Waals surface area contributed by atoms with Crippen LogP contribution in [0.2, 0.25) is 0 Å². The summed E-state index contributed by atoms with van der Waals surface area (Å²) in [6, 6.07) is 28.4. The first-order valence-electron chi connectivity index (χ1n) is 12.7. The SMILES string of the molecule is Cc1ccc(NC(=O)[C@@H](OC(=O)c2nn(Cc3ccccc3)c(=O)c3ccccc23)c2ccccc2)c([N+](=O)[O-])c1. The molecule has 1 atom stereocenters. The number of aromatic nitrogens is 2. The van der Waals surface area contributed by atoms with E-state index in [1.165, 1.54) is 16.8 Å². The van der Waals surface area contributed by atoms with Crippen LogP contribution in [0.3, 0.4) is 0 Å². The van der Waals surface area contributed by atoms with Crippen LogP contribution < -0.4 is 10.9 Å². The van der Waals surface area contributed by atoms with Crippen molar-refractivity contribution in [3.8, 4) is 0 Å². The van der Waals surface area contributed by atoms with Crippen LogP contribution in [0.4, 0.5) is 11.4 Å². The number of carbonyl (C=O) groups excluding carboxylic acids is 2. The Kier molecular flexibility index (Phi) is 7.64. The van der Waals surface area contributed by atoms with Crippen molar-refractivity contribution in [3.63, 3.8) is 0 Å². The van der Waals surface area contributed by atoms with Crippen molar-refractivity contribution in [2.24, 2.45) is 0 Å². The van der Waals surface area contributed by atoms with Gasteiger partial charge in [0.25, 0.3) is 17.2 Å². The molecule has 0 radical (unpaired) electrons. The number of nitrogens with one attached hydrogen (secondary N) is 1. The Bertz CT molecular complexity index is 1820. The molecule has 1 heterocycles. The Morgan fingerprint density at radius 2 is 1.56 bits per heavy atom. The maximum Gasteiger partial charge on any atom is 0.360 e. The van der Waals surface area contributed by atoms with Crippen molar-refractivity contribution in [1.82, 2.24) is 9.78 Å². The number of amides is 1. The number of fused-ring (bicyclic) bond motifs is 1. The number of nitro groups is 1. The van der Waals surface area contributed by atoms with Gasteiger partial charge in [0.2, 0.25) is 6.10 Å². The van der Waals surface area contributed by atoms with Gasteiger partial charge in [0.15, 0.2) is 5.69 Å². The van der Waals surface area contributed by atoms with E-state index < -0.39 is 22.9 Å². The summed E-state index contributed by atoms with van der Waals surface area (Å²) >= 11 is 0. The van der Waals surface area contributed by atoms with Gasteiger partial charge in [0, 0.05) is 17.0 Å². The van der Waals surface area contributed by atoms with Crippen LogP contribution in [-0.2, 0) is 16.1 Å². The summed E-state index contributed by atoms with van der Waals surface area (Å²) in [5, 5.41) is 19.0. The van der Waals surface area contributed by atoms with Crippen molar-refractivity contribution in [2.75, 3.05) is 5.32 Å². The molecule has 0 bridgehead atoms. The molecule has 5 rings (SSSR count). The third kappa shape index (κ3) is 5.86. The summed E-state index contributed by atoms with van der Waals surface area (Å²) in [5.74, 6) is -1.73. The van der Waals surface area contributed by atoms with Gasteiger partial charge in [-0.1, -0.05) is 84.9 Å². The Balaban J connectivity index is 1.53. The second kappa shape index (κ2) is 11.6. The van der Waals surface area contributed by atoms with E-state index in [1.807, 2.05) is 30.3 Å². The van der Waals surface area contributed by atoms with E-state index >= 15 is 0 Å². The highest BCUT2D eigenvalue weighted by molar-refractivity contribution is 6.04. The van der Waals surface area contributed by atoms with Crippen molar-refractivity contribution in [1.29, 1.82) is 0 Å². The number of hydrogen-bond donors (Lipinski definition) is 1. The van der Waals surface area contributed by atoms with E-state index in [1.54, 1.807) is 67.6 Å². The summed E-state index contributed by atoms with van der Waals surface area (Å²) in [5.41, 5.74) is 0.924. The fourth-order valence-electron chi connectivity index (χ4n) is 4.41. The number of nitrogens with zero attached hydrogens (tertiary/aromatic N) is 3. The monoisotopic (exact) mass is 548 g/mol. The van der Waals surface area contributed by atoms with Gasteiger partial charge < -0.3 is 10.1 Å². The molecule has 0 saturated heterocycles. The third-order valence-corrected chi connectivity index (χ3v) is 6.41.